The van der Waals surface area contributed by atoms with E-state index < -0.39 is 0 Å². The van der Waals surface area contributed by atoms with Crippen LogP contribution in [0.1, 0.15) is 11.1 Å². The van der Waals surface area contributed by atoms with Gasteiger partial charge in [-0.15, -0.1) is 0 Å². The van der Waals surface area contributed by atoms with Gasteiger partial charge < -0.3 is 10.5 Å². The Bertz CT molecular complexity index is 523. The predicted octanol–water partition coefficient (Wildman–Crippen LogP) is 2.94. The number of aromatic nitrogens is 1. The lowest BCUT2D eigenvalue weighted by molar-refractivity contribution is 0.322. The minimum Gasteiger partial charge on any atom is -0.411 e. The average Bonchev–Trinajstić information content (AvgIpc) is 2.34. The van der Waals surface area contributed by atoms with Crippen LogP contribution in [0.3, 0.4) is 0 Å². The third-order valence-electron chi connectivity index (χ3n) is 2.34. The van der Waals surface area contributed by atoms with E-state index in [-0.39, 0.29) is 0 Å². The summed E-state index contributed by atoms with van der Waals surface area (Å²) in [6, 6.07) is 11.7. The van der Waals surface area contributed by atoms with Crippen LogP contribution >= 0.6 is 0 Å². The van der Waals surface area contributed by atoms with Crippen LogP contribution < -0.4 is 5.32 Å². The molecule has 0 radical (unpaired) electrons. The number of rotatable bonds is 3. The summed E-state index contributed by atoms with van der Waals surface area (Å²) in [7, 11) is 0. The molecule has 0 amide bonds. The van der Waals surface area contributed by atoms with E-state index in [0.717, 1.165) is 22.6 Å². The zero-order chi connectivity index (χ0) is 12.1. The van der Waals surface area contributed by atoms with Gasteiger partial charge in [0.05, 0.1) is 6.21 Å². The summed E-state index contributed by atoms with van der Waals surface area (Å²) in [4.78, 5) is 4.28. The van der Waals surface area contributed by atoms with Crippen molar-refractivity contribution in [3.05, 3.63) is 53.7 Å². The Balaban J connectivity index is 2.23. The summed E-state index contributed by atoms with van der Waals surface area (Å²) in [5.41, 5.74) is 2.75. The quantitative estimate of drug-likeness (QED) is 0.481. The van der Waals surface area contributed by atoms with Crippen molar-refractivity contribution in [2.75, 3.05) is 5.32 Å². The Morgan fingerprint density at radius 1 is 1.29 bits per heavy atom. The lowest BCUT2D eigenvalue weighted by atomic mass is 10.2. The van der Waals surface area contributed by atoms with Gasteiger partial charge in [-0.25, -0.2) is 4.98 Å². The Kier molecular flexibility index (Phi) is 3.35. The number of hydrogen-bond acceptors (Lipinski definition) is 4. The second-order valence-electron chi connectivity index (χ2n) is 3.67. The predicted molar refractivity (Wildman–Crippen MR) is 68.1 cm³/mol. The smallest absolute Gasteiger partial charge is 0.133 e. The molecule has 0 aliphatic heterocycles. The first-order chi connectivity index (χ1) is 8.29. The molecule has 0 spiro atoms. The molecule has 1 aromatic heterocycles. The number of anilines is 2. The molecular formula is C13H13N3O. The van der Waals surface area contributed by atoms with E-state index in [1.165, 1.54) is 6.21 Å². The van der Waals surface area contributed by atoms with Crippen LogP contribution in [0.5, 0.6) is 0 Å². The van der Waals surface area contributed by atoms with Gasteiger partial charge in [-0.05, 0) is 30.7 Å². The molecule has 0 fully saturated rings. The molecule has 0 saturated heterocycles. The number of oxime groups is 1. The molecule has 86 valence electrons. The maximum atomic E-state index is 8.44. The summed E-state index contributed by atoms with van der Waals surface area (Å²) in [6.45, 7) is 1.95. The van der Waals surface area contributed by atoms with E-state index >= 15 is 0 Å². The van der Waals surface area contributed by atoms with Crippen LogP contribution in [0.4, 0.5) is 11.5 Å². The first-order valence-electron chi connectivity index (χ1n) is 5.26. The number of hydrogen-bond donors (Lipinski definition) is 2. The SMILES string of the molecule is Cc1cc(C=NO)cnc1Nc1ccccc1. The number of nitrogens with one attached hydrogen (secondary N) is 1. The molecule has 0 atom stereocenters. The lowest BCUT2D eigenvalue weighted by Crippen LogP contribution is -1.97. The van der Waals surface area contributed by atoms with Crippen LogP contribution in [-0.2, 0) is 0 Å². The van der Waals surface area contributed by atoms with Crippen LogP contribution in [0.25, 0.3) is 0 Å². The minimum atomic E-state index is 0.767. The van der Waals surface area contributed by atoms with Gasteiger partial charge in [0.1, 0.15) is 5.82 Å². The number of pyridine rings is 1. The normalized spacial score (nSPS) is 10.6. The molecule has 1 heterocycles. The molecule has 0 saturated carbocycles. The zero-order valence-corrected chi connectivity index (χ0v) is 9.46. The van der Waals surface area contributed by atoms with Gasteiger partial charge in [0, 0.05) is 17.4 Å². The molecule has 2 aromatic rings. The van der Waals surface area contributed by atoms with E-state index in [1.807, 2.05) is 43.3 Å². The first kappa shape index (κ1) is 11.1. The minimum absolute atomic E-state index is 0.767. The standard InChI is InChI=1S/C13H13N3O/c1-10-7-11(9-15-17)8-14-13(10)16-12-5-3-2-4-6-12/h2-9,17H,1H3,(H,14,16). The summed E-state index contributed by atoms with van der Waals surface area (Å²) in [5.74, 6) is 0.797. The molecule has 0 aliphatic rings. The van der Waals surface area contributed by atoms with Crippen molar-refractivity contribution in [3.8, 4) is 0 Å². The van der Waals surface area contributed by atoms with Crippen molar-refractivity contribution in [1.82, 2.24) is 4.98 Å². The second-order valence-corrected chi connectivity index (χ2v) is 3.67. The molecule has 4 heteroatoms. The van der Waals surface area contributed by atoms with Gasteiger partial charge in [-0.3, -0.25) is 0 Å². The van der Waals surface area contributed by atoms with Crippen molar-refractivity contribution in [3.63, 3.8) is 0 Å². The lowest BCUT2D eigenvalue weighted by Gasteiger charge is -2.08. The van der Waals surface area contributed by atoms with Gasteiger partial charge >= 0.3 is 0 Å². The highest BCUT2D eigenvalue weighted by Crippen LogP contribution is 2.17. The molecule has 17 heavy (non-hydrogen) atoms. The number of benzene rings is 1. The molecule has 2 N–H and O–H groups in total. The molecule has 4 nitrogen and oxygen atoms in total. The summed E-state index contributed by atoms with van der Waals surface area (Å²) in [5, 5.41) is 14.6. The fraction of sp³-hybridized carbons (Fsp3) is 0.0769. The molecule has 0 bridgehead atoms. The van der Waals surface area contributed by atoms with Crippen LogP contribution in [0.2, 0.25) is 0 Å². The summed E-state index contributed by atoms with van der Waals surface area (Å²) >= 11 is 0. The van der Waals surface area contributed by atoms with Crippen LogP contribution in [0, 0.1) is 6.92 Å². The van der Waals surface area contributed by atoms with E-state index in [0.29, 0.717) is 0 Å². The number of nitrogens with zero attached hydrogens (tertiary/aromatic N) is 2. The van der Waals surface area contributed by atoms with Gasteiger partial charge in [-0.2, -0.15) is 0 Å². The largest absolute Gasteiger partial charge is 0.411 e. The number of para-hydroxylation sites is 1. The van der Waals surface area contributed by atoms with Gasteiger partial charge in [0.2, 0.25) is 0 Å². The Morgan fingerprint density at radius 3 is 2.71 bits per heavy atom. The monoisotopic (exact) mass is 227 g/mol. The topological polar surface area (TPSA) is 57.5 Å². The molecule has 2 rings (SSSR count). The highest BCUT2D eigenvalue weighted by atomic mass is 16.4. The molecule has 0 aliphatic carbocycles. The van der Waals surface area contributed by atoms with Gasteiger partial charge in [0.25, 0.3) is 0 Å². The Hall–Kier alpha value is -2.36. The van der Waals surface area contributed by atoms with Crippen molar-refractivity contribution < 1.29 is 5.21 Å². The zero-order valence-electron chi connectivity index (χ0n) is 9.46. The first-order valence-corrected chi connectivity index (χ1v) is 5.26. The highest BCUT2D eigenvalue weighted by molar-refractivity contribution is 5.79. The Morgan fingerprint density at radius 2 is 2.06 bits per heavy atom. The Labute approximate surface area is 99.6 Å². The van der Waals surface area contributed by atoms with Crippen LogP contribution in [-0.4, -0.2) is 16.4 Å². The maximum Gasteiger partial charge on any atom is 0.133 e. The van der Waals surface area contributed by atoms with Crippen molar-refractivity contribution >= 4 is 17.7 Å². The van der Waals surface area contributed by atoms with Crippen LogP contribution in [0.15, 0.2) is 47.8 Å². The van der Waals surface area contributed by atoms with E-state index in [4.69, 9.17) is 5.21 Å². The van der Waals surface area contributed by atoms with Crippen molar-refractivity contribution in [2.24, 2.45) is 5.16 Å². The van der Waals surface area contributed by atoms with Crippen molar-refractivity contribution in [1.29, 1.82) is 0 Å². The third-order valence-corrected chi connectivity index (χ3v) is 2.34. The molecule has 1 aromatic carbocycles. The van der Waals surface area contributed by atoms with Crippen molar-refractivity contribution in [2.45, 2.75) is 6.92 Å². The fourth-order valence-corrected chi connectivity index (χ4v) is 1.52. The van der Waals surface area contributed by atoms with Gasteiger partial charge in [0.15, 0.2) is 0 Å². The summed E-state index contributed by atoms with van der Waals surface area (Å²) in [6.07, 6.45) is 3.00. The highest BCUT2D eigenvalue weighted by Gasteiger charge is 2.01. The van der Waals surface area contributed by atoms with E-state index in [2.05, 4.69) is 15.5 Å². The third kappa shape index (κ3) is 2.81. The van der Waals surface area contributed by atoms with E-state index in [9.17, 15) is 0 Å². The second kappa shape index (κ2) is 5.12. The fourth-order valence-electron chi connectivity index (χ4n) is 1.52. The van der Waals surface area contributed by atoms with E-state index in [1.54, 1.807) is 6.20 Å². The number of aryl methyl sites for hydroxylation is 1. The summed E-state index contributed by atoms with van der Waals surface area (Å²) < 4.78 is 0. The average molecular weight is 227 g/mol. The van der Waals surface area contributed by atoms with Gasteiger partial charge in [-0.1, -0.05) is 23.4 Å². The molecular weight excluding hydrogens is 214 g/mol. The maximum absolute atomic E-state index is 8.44. The molecule has 0 unspecified atom stereocenters.